The molecule has 0 saturated carbocycles. The van der Waals surface area contributed by atoms with E-state index in [1.807, 2.05) is 6.07 Å². The second-order valence-corrected chi connectivity index (χ2v) is 5.78. The van der Waals surface area contributed by atoms with Crippen molar-refractivity contribution in [2.24, 2.45) is 0 Å². The van der Waals surface area contributed by atoms with Gasteiger partial charge in [0.2, 0.25) is 0 Å². The maximum absolute atomic E-state index is 11.7. The van der Waals surface area contributed by atoms with E-state index in [4.69, 9.17) is 14.2 Å². The molecule has 0 aliphatic rings. The first-order valence-electron chi connectivity index (χ1n) is 7.48. The Balaban J connectivity index is 2.41. The molecule has 1 heterocycles. The molecule has 0 saturated heterocycles. The van der Waals surface area contributed by atoms with E-state index in [2.05, 4.69) is 10.3 Å². The highest BCUT2D eigenvalue weighted by atomic mass is 16.6. The minimum atomic E-state index is -0.567. The molecule has 7 heteroatoms. The van der Waals surface area contributed by atoms with E-state index in [1.165, 1.54) is 0 Å². The first kappa shape index (κ1) is 18.9. The van der Waals surface area contributed by atoms with Crippen molar-refractivity contribution in [1.82, 2.24) is 4.98 Å². The number of amides is 1. The third kappa shape index (κ3) is 8.77. The lowest BCUT2D eigenvalue weighted by Crippen LogP contribution is -2.27. The molecular weight excluding hydrogens is 300 g/mol. The predicted molar refractivity (Wildman–Crippen MR) is 85.2 cm³/mol. The van der Waals surface area contributed by atoms with E-state index in [0.717, 1.165) is 5.56 Å². The molecule has 1 aromatic rings. The van der Waals surface area contributed by atoms with E-state index in [0.29, 0.717) is 25.5 Å². The normalized spacial score (nSPS) is 11.0. The van der Waals surface area contributed by atoms with Gasteiger partial charge in [0, 0.05) is 6.20 Å². The largest absolute Gasteiger partial charge is 0.464 e. The maximum Gasteiger partial charge on any atom is 0.413 e. The number of anilines is 1. The number of aromatic nitrogens is 1. The average Bonchev–Trinajstić information content (AvgIpc) is 2.42. The van der Waals surface area contributed by atoms with Crippen LogP contribution >= 0.6 is 0 Å². The molecule has 0 fully saturated rings. The van der Waals surface area contributed by atoms with Gasteiger partial charge in [-0.1, -0.05) is 0 Å². The van der Waals surface area contributed by atoms with Gasteiger partial charge in [-0.2, -0.15) is 0 Å². The Bertz CT molecular complexity index is 525. The van der Waals surface area contributed by atoms with Gasteiger partial charge in [-0.05, 0) is 51.8 Å². The molecule has 0 atom stereocenters. The van der Waals surface area contributed by atoms with Crippen LogP contribution in [0.15, 0.2) is 18.3 Å². The second-order valence-electron chi connectivity index (χ2n) is 5.78. The summed E-state index contributed by atoms with van der Waals surface area (Å²) in [6.07, 6.45) is 1.62. The van der Waals surface area contributed by atoms with Gasteiger partial charge in [-0.25, -0.2) is 14.6 Å². The molecular formula is C16H24N2O5. The number of hydrogen-bond donors (Lipinski definition) is 1. The number of nitrogens with one attached hydrogen (secondary N) is 1. The van der Waals surface area contributed by atoms with E-state index in [9.17, 15) is 9.59 Å². The minimum Gasteiger partial charge on any atom is -0.464 e. The van der Waals surface area contributed by atoms with Gasteiger partial charge in [-0.15, -0.1) is 0 Å². The van der Waals surface area contributed by atoms with Gasteiger partial charge < -0.3 is 14.2 Å². The van der Waals surface area contributed by atoms with Crippen LogP contribution in [0.25, 0.3) is 0 Å². The number of pyridine rings is 1. The zero-order chi connectivity index (χ0) is 17.3. The smallest absolute Gasteiger partial charge is 0.413 e. The maximum atomic E-state index is 11.7. The average molecular weight is 324 g/mol. The van der Waals surface area contributed by atoms with Crippen molar-refractivity contribution in [1.29, 1.82) is 0 Å². The van der Waals surface area contributed by atoms with Crippen molar-refractivity contribution in [2.75, 3.05) is 25.1 Å². The number of rotatable bonds is 7. The second kappa shape index (κ2) is 9.09. The number of carbonyl (C=O) groups is 2. The summed E-state index contributed by atoms with van der Waals surface area (Å²) >= 11 is 0. The van der Waals surface area contributed by atoms with Crippen LogP contribution in [-0.2, 0) is 25.4 Å². The lowest BCUT2D eigenvalue weighted by Gasteiger charge is -2.19. The molecule has 0 spiro atoms. The van der Waals surface area contributed by atoms with E-state index >= 15 is 0 Å². The van der Waals surface area contributed by atoms with Crippen LogP contribution in [0.5, 0.6) is 0 Å². The lowest BCUT2D eigenvalue weighted by molar-refractivity contribution is -0.148. The molecule has 1 rings (SSSR count). The highest BCUT2D eigenvalue weighted by Crippen LogP contribution is 2.11. The number of esters is 1. The third-order valence-corrected chi connectivity index (χ3v) is 2.51. The van der Waals surface area contributed by atoms with Crippen LogP contribution in [0, 0.1) is 0 Å². The molecule has 23 heavy (non-hydrogen) atoms. The fourth-order valence-corrected chi connectivity index (χ4v) is 1.65. The molecule has 0 unspecified atom stereocenters. The van der Waals surface area contributed by atoms with Crippen LogP contribution in [0.2, 0.25) is 0 Å². The Morgan fingerprint density at radius 2 is 2.04 bits per heavy atom. The summed E-state index contributed by atoms with van der Waals surface area (Å²) in [6.45, 7) is 7.75. The van der Waals surface area contributed by atoms with E-state index in [1.54, 1.807) is 40.0 Å². The third-order valence-electron chi connectivity index (χ3n) is 2.51. The number of nitrogens with zero attached hydrogens (tertiary/aromatic N) is 1. The Kier molecular flexibility index (Phi) is 7.47. The zero-order valence-corrected chi connectivity index (χ0v) is 14.0. The molecule has 1 N–H and O–H groups in total. The SMILES string of the molecule is CCOC(=O)COCCc1ccnc(NC(=O)OC(C)(C)C)c1. The van der Waals surface area contributed by atoms with Crippen molar-refractivity contribution in [3.63, 3.8) is 0 Å². The molecule has 0 radical (unpaired) electrons. The topological polar surface area (TPSA) is 86.8 Å². The van der Waals surface area contributed by atoms with E-state index < -0.39 is 11.7 Å². The number of hydrogen-bond acceptors (Lipinski definition) is 6. The highest BCUT2D eigenvalue weighted by molar-refractivity contribution is 5.83. The summed E-state index contributed by atoms with van der Waals surface area (Å²) in [5.74, 6) is 0.0247. The molecule has 0 aliphatic heterocycles. The Hall–Kier alpha value is -2.15. The zero-order valence-electron chi connectivity index (χ0n) is 14.0. The lowest BCUT2D eigenvalue weighted by atomic mass is 10.2. The molecule has 128 valence electrons. The summed E-state index contributed by atoms with van der Waals surface area (Å²) in [4.78, 5) is 26.9. The highest BCUT2D eigenvalue weighted by Gasteiger charge is 2.16. The first-order valence-corrected chi connectivity index (χ1v) is 7.48. The van der Waals surface area contributed by atoms with Gasteiger partial charge in [0.05, 0.1) is 13.2 Å². The Morgan fingerprint density at radius 1 is 1.30 bits per heavy atom. The first-order chi connectivity index (χ1) is 10.8. The summed E-state index contributed by atoms with van der Waals surface area (Å²) < 4.78 is 15.2. The molecule has 0 aromatic carbocycles. The fourth-order valence-electron chi connectivity index (χ4n) is 1.65. The molecule has 0 bridgehead atoms. The van der Waals surface area contributed by atoms with Crippen LogP contribution < -0.4 is 5.32 Å². The van der Waals surface area contributed by atoms with Crippen molar-refractivity contribution in [2.45, 2.75) is 39.7 Å². The standard InChI is InChI=1S/C16H24N2O5/c1-5-22-14(19)11-21-9-7-12-6-8-17-13(10-12)18-15(20)23-16(2,3)4/h6,8,10H,5,7,9,11H2,1-4H3,(H,17,18,20). The molecule has 1 aromatic heterocycles. The van der Waals surface area contributed by atoms with Crippen molar-refractivity contribution in [3.05, 3.63) is 23.9 Å². The Morgan fingerprint density at radius 3 is 2.70 bits per heavy atom. The summed E-state index contributed by atoms with van der Waals surface area (Å²) in [6, 6.07) is 3.55. The molecule has 1 amide bonds. The Labute approximate surface area is 136 Å². The van der Waals surface area contributed by atoms with Crippen LogP contribution in [0.3, 0.4) is 0 Å². The van der Waals surface area contributed by atoms with Gasteiger partial charge in [0.25, 0.3) is 0 Å². The van der Waals surface area contributed by atoms with Crippen LogP contribution in [0.4, 0.5) is 10.6 Å². The van der Waals surface area contributed by atoms with Gasteiger partial charge in [0.1, 0.15) is 18.0 Å². The van der Waals surface area contributed by atoms with Crippen molar-refractivity contribution >= 4 is 17.9 Å². The molecule has 7 nitrogen and oxygen atoms in total. The van der Waals surface area contributed by atoms with Gasteiger partial charge in [-0.3, -0.25) is 5.32 Å². The van der Waals surface area contributed by atoms with Gasteiger partial charge >= 0.3 is 12.1 Å². The summed E-state index contributed by atoms with van der Waals surface area (Å²) in [5.41, 5.74) is 0.359. The molecule has 0 aliphatic carbocycles. The van der Waals surface area contributed by atoms with E-state index in [-0.39, 0.29) is 12.6 Å². The summed E-state index contributed by atoms with van der Waals surface area (Å²) in [5, 5.41) is 2.58. The fraction of sp³-hybridized carbons (Fsp3) is 0.562. The van der Waals surface area contributed by atoms with Crippen LogP contribution in [0.1, 0.15) is 33.3 Å². The summed E-state index contributed by atoms with van der Waals surface area (Å²) in [7, 11) is 0. The number of carbonyl (C=O) groups excluding carboxylic acids is 2. The predicted octanol–water partition coefficient (Wildman–Crippen LogP) is 2.55. The van der Waals surface area contributed by atoms with Gasteiger partial charge in [0.15, 0.2) is 0 Å². The van der Waals surface area contributed by atoms with Crippen LogP contribution in [-0.4, -0.2) is 42.5 Å². The van der Waals surface area contributed by atoms with Crippen molar-refractivity contribution < 1.29 is 23.8 Å². The monoisotopic (exact) mass is 324 g/mol. The number of ether oxygens (including phenoxy) is 3. The quantitative estimate of drug-likeness (QED) is 0.613. The minimum absolute atomic E-state index is 0.0675. The van der Waals surface area contributed by atoms with Crippen molar-refractivity contribution in [3.8, 4) is 0 Å².